The maximum atomic E-state index is 11.2. The first-order valence-corrected chi connectivity index (χ1v) is 13.1. The van der Waals surface area contributed by atoms with Gasteiger partial charge in [-0.1, -0.05) is 17.6 Å². The smallest absolute Gasteiger partial charge is 0.414 e. The largest absolute Gasteiger partial charge is 0.790 e. The fourth-order valence-corrected chi connectivity index (χ4v) is 5.61. The summed E-state index contributed by atoms with van der Waals surface area (Å²) in [6.45, 7) is -0.812. The number of hydrogen-bond acceptors (Lipinski definition) is 14. The summed E-state index contributed by atoms with van der Waals surface area (Å²) in [6.07, 6.45) is -1.49. The van der Waals surface area contributed by atoms with E-state index in [-0.39, 0.29) is 12.4 Å². The van der Waals surface area contributed by atoms with Crippen molar-refractivity contribution in [1.82, 2.24) is 19.5 Å². The van der Waals surface area contributed by atoms with Gasteiger partial charge in [-0.3, -0.25) is 4.57 Å². The summed E-state index contributed by atoms with van der Waals surface area (Å²) in [5.41, 5.74) is 14.0. The maximum absolute atomic E-state index is 11.2. The first kappa shape index (κ1) is 24.7. The number of ether oxygens (including phenoxy) is 2. The van der Waals surface area contributed by atoms with E-state index >= 15 is 0 Å². The van der Waals surface area contributed by atoms with Crippen molar-refractivity contribution in [1.29, 1.82) is 0 Å². The van der Waals surface area contributed by atoms with Crippen LogP contribution in [-0.2, 0) is 27.8 Å². The van der Waals surface area contributed by atoms with E-state index in [2.05, 4.69) is 19.5 Å². The lowest BCUT2D eigenvalue weighted by Crippen LogP contribution is -2.52. The van der Waals surface area contributed by atoms with Crippen LogP contribution < -0.4 is 31.5 Å². The molecule has 2 saturated heterocycles. The Labute approximate surface area is 210 Å². The minimum absolute atomic E-state index is 0.151. The van der Waals surface area contributed by atoms with E-state index in [0.717, 1.165) is 5.56 Å². The molecule has 4 N–H and O–H groups in total. The quantitative estimate of drug-likeness (QED) is 0.254. The van der Waals surface area contributed by atoms with Crippen molar-refractivity contribution in [3.63, 3.8) is 0 Å². The summed E-state index contributed by atoms with van der Waals surface area (Å²) < 4.78 is 48.5. The number of rotatable bonds is 7. The van der Waals surface area contributed by atoms with Gasteiger partial charge in [-0.25, -0.2) is 15.0 Å². The van der Waals surface area contributed by atoms with Crippen molar-refractivity contribution in [2.45, 2.75) is 37.6 Å². The Kier molecular flexibility index (Phi) is 5.98. The Morgan fingerprint density at radius 2 is 2.00 bits per heavy atom. The molecule has 0 aliphatic carbocycles. The molecule has 0 unspecified atom stereocenters. The molecule has 0 radical (unpaired) electrons. The molecule has 3 aliphatic rings. The van der Waals surface area contributed by atoms with Crippen LogP contribution in [0.25, 0.3) is 11.2 Å². The van der Waals surface area contributed by atoms with Gasteiger partial charge in [0, 0.05) is 6.54 Å². The lowest BCUT2D eigenvalue weighted by atomic mass is 9.69. The molecule has 1 aromatic carbocycles. The van der Waals surface area contributed by atoms with E-state index < -0.39 is 51.8 Å². The number of fused-ring (bicyclic) bond motifs is 4. The highest BCUT2D eigenvalue weighted by molar-refractivity contribution is 7.43. The second-order valence-electron chi connectivity index (χ2n) is 8.79. The van der Waals surface area contributed by atoms with Gasteiger partial charge in [-0.15, -0.1) is 0 Å². The second kappa shape index (κ2) is 8.98. The zero-order chi connectivity index (χ0) is 25.9. The van der Waals surface area contributed by atoms with Crippen LogP contribution in [0.1, 0.15) is 24.8 Å². The predicted molar refractivity (Wildman–Crippen MR) is 123 cm³/mol. The van der Waals surface area contributed by atoms with Crippen LogP contribution in [0.3, 0.4) is 0 Å². The number of nitrogens with zero attached hydrogens (tertiary/aromatic N) is 4. The van der Waals surface area contributed by atoms with Gasteiger partial charge in [0.1, 0.15) is 17.9 Å². The van der Waals surface area contributed by atoms with Crippen LogP contribution in [0.4, 0.5) is 5.82 Å². The highest BCUT2D eigenvalue weighted by Gasteiger charge is 2.60. The molecule has 5 heterocycles. The third-order valence-electron chi connectivity index (χ3n) is 6.67. The summed E-state index contributed by atoms with van der Waals surface area (Å²) in [4.78, 5) is 35.0. The molecule has 0 amide bonds. The number of nitrogen functional groups attached to an aromatic ring is 1. The van der Waals surface area contributed by atoms with Gasteiger partial charge in [0.25, 0.3) is 0 Å². The number of anilines is 1. The highest BCUT2D eigenvalue weighted by atomic mass is 31.2. The summed E-state index contributed by atoms with van der Waals surface area (Å²) in [5, 5.41) is 0. The molecule has 0 bridgehead atoms. The third-order valence-corrected chi connectivity index (χ3v) is 7.14. The predicted octanol–water partition coefficient (Wildman–Crippen LogP) is -1.79. The van der Waals surface area contributed by atoms with Crippen molar-refractivity contribution in [2.75, 3.05) is 25.5 Å². The van der Waals surface area contributed by atoms with Crippen molar-refractivity contribution in [2.24, 2.45) is 5.73 Å². The van der Waals surface area contributed by atoms with Crippen molar-refractivity contribution in [3.8, 4) is 5.75 Å². The topological polar surface area (TPSA) is 214 Å². The van der Waals surface area contributed by atoms with Crippen LogP contribution in [0, 0.1) is 0 Å². The average molecular weight is 533 g/mol. The molecule has 6 atom stereocenters. The van der Waals surface area contributed by atoms with E-state index in [9.17, 15) is 14.4 Å². The first-order chi connectivity index (χ1) is 17.7. The molecule has 3 aromatic rings. The van der Waals surface area contributed by atoms with Crippen LogP contribution in [0.2, 0.25) is 0 Å². The van der Waals surface area contributed by atoms with E-state index in [1.54, 1.807) is 10.6 Å². The Bertz CT molecular complexity index is 1390. The minimum atomic E-state index is -5.29. The normalized spacial score (nSPS) is 30.8. The Morgan fingerprint density at radius 3 is 2.76 bits per heavy atom. The molecular formula is C20H23BN6O9P-3. The van der Waals surface area contributed by atoms with Gasteiger partial charge in [-0.05, 0) is 18.6 Å². The van der Waals surface area contributed by atoms with E-state index in [1.807, 2.05) is 19.1 Å². The van der Waals surface area contributed by atoms with Gasteiger partial charge in [0.05, 0.1) is 51.4 Å². The molecule has 1 spiro atoms. The van der Waals surface area contributed by atoms with Gasteiger partial charge < -0.3 is 53.8 Å². The molecule has 0 saturated carbocycles. The summed E-state index contributed by atoms with van der Waals surface area (Å²) in [6, 6.07) is 5.46. The molecule has 37 heavy (non-hydrogen) atoms. The Morgan fingerprint density at radius 1 is 1.19 bits per heavy atom. The third kappa shape index (κ3) is 4.01. The Balaban J connectivity index is 1.42. The van der Waals surface area contributed by atoms with Gasteiger partial charge in [-0.2, -0.15) is 0 Å². The van der Waals surface area contributed by atoms with Crippen LogP contribution >= 0.6 is 7.82 Å². The van der Waals surface area contributed by atoms with Crippen molar-refractivity contribution in [3.05, 3.63) is 36.4 Å². The minimum Gasteiger partial charge on any atom is -0.790 e. The van der Waals surface area contributed by atoms with Gasteiger partial charge >= 0.3 is 6.75 Å². The van der Waals surface area contributed by atoms with Gasteiger partial charge in [0.2, 0.25) is 0 Å². The first-order valence-electron chi connectivity index (χ1n) is 11.6. The maximum Gasteiger partial charge on any atom is 0.414 e. The second-order valence-corrected chi connectivity index (χ2v) is 9.94. The van der Waals surface area contributed by atoms with Crippen molar-refractivity contribution >= 4 is 37.0 Å². The number of phosphoric ester groups is 1. The average Bonchev–Trinajstić information content (AvgIpc) is 3.60. The number of phosphoric acid groups is 1. The fraction of sp³-hybridized carbons (Fsp3) is 0.450. The summed E-state index contributed by atoms with van der Waals surface area (Å²) in [7, 11) is -5.29. The monoisotopic (exact) mass is 533 g/mol. The molecule has 6 rings (SSSR count). The molecule has 198 valence electrons. The highest BCUT2D eigenvalue weighted by Crippen LogP contribution is 2.48. The molecular weight excluding hydrogens is 510 g/mol. The molecule has 15 nitrogen and oxygen atoms in total. The number of aromatic nitrogens is 4. The fourth-order valence-electron chi connectivity index (χ4n) is 5.28. The summed E-state index contributed by atoms with van der Waals surface area (Å²) >= 11 is 0. The van der Waals surface area contributed by atoms with Crippen LogP contribution in [-0.4, -0.2) is 64.3 Å². The van der Waals surface area contributed by atoms with Crippen LogP contribution in [0.15, 0.2) is 30.9 Å². The summed E-state index contributed by atoms with van der Waals surface area (Å²) in [5.74, 6) is 0.680. The Hall–Kier alpha value is -2.66. The van der Waals surface area contributed by atoms with E-state index in [4.69, 9.17) is 34.9 Å². The molecule has 2 aromatic heterocycles. The van der Waals surface area contributed by atoms with Crippen molar-refractivity contribution < 1.29 is 42.3 Å². The van der Waals surface area contributed by atoms with E-state index in [1.165, 1.54) is 12.7 Å². The molecule has 17 heteroatoms. The number of imidazole rings is 1. The lowest BCUT2D eigenvalue weighted by Gasteiger charge is -2.36. The number of nitrogens with two attached hydrogens (primary N) is 2. The van der Waals surface area contributed by atoms with E-state index in [0.29, 0.717) is 29.0 Å². The number of hydrogen-bond donors (Lipinski definition) is 2. The zero-order valence-electron chi connectivity index (χ0n) is 19.5. The SMILES string of the molecule is CCOc1cccc2c1[B@-]1(O[C@@H]3[C@H](O1)[C@@H](COP(=O)([O-])[O-])O[C@H]3n1cnc3c(N)ncnc31)O[C@@H]2CN. The molecule has 3 aliphatic heterocycles. The van der Waals surface area contributed by atoms with Crippen LogP contribution in [0.5, 0.6) is 5.75 Å². The van der Waals surface area contributed by atoms with Gasteiger partial charge in [0.15, 0.2) is 17.7 Å². The lowest BCUT2D eigenvalue weighted by molar-refractivity contribution is -0.343. The standard InChI is InChI=1S/C20H25BN6O9P/c1-2-31-11-5-3-4-10-12(6-22)34-21(14(10)11)35-16-13(7-32-37(28,29)30)33-20(17(16)36-21)27-9-26-15-18(23)24-8-25-19(15)27/h3-5,8-9,12-13,16-17,20H,2,6-7,22H2,1H3,(H2,23,24,25)(H2,28,29,30)/q-1/p-2/t12-,13-,16-,17-,20-,21+/m1/s1. The zero-order valence-corrected chi connectivity index (χ0v) is 20.4. The number of benzene rings is 1. The molecule has 2 fully saturated rings.